The van der Waals surface area contributed by atoms with Crippen LogP contribution in [0.15, 0.2) is 24.3 Å². The molecular formula is C18H23NO3. The Kier molecular flexibility index (Phi) is 3.85. The van der Waals surface area contributed by atoms with Crippen molar-refractivity contribution in [1.29, 1.82) is 0 Å². The minimum Gasteiger partial charge on any atom is -0.493 e. The molecule has 1 aromatic carbocycles. The van der Waals surface area contributed by atoms with Crippen LogP contribution in [0.2, 0.25) is 0 Å². The molecule has 1 unspecified atom stereocenters. The van der Waals surface area contributed by atoms with Crippen LogP contribution in [0.5, 0.6) is 11.5 Å². The number of fused-ring (bicyclic) bond motifs is 3. The third-order valence-electron chi connectivity index (χ3n) is 4.84. The number of benzene rings is 1. The number of rotatable bonds is 5. The van der Waals surface area contributed by atoms with Crippen LogP contribution in [0, 0.1) is 0 Å². The molecule has 118 valence electrons. The Balaban J connectivity index is 2.14. The van der Waals surface area contributed by atoms with Crippen molar-refractivity contribution in [2.75, 3.05) is 20.8 Å². The van der Waals surface area contributed by atoms with Gasteiger partial charge >= 0.3 is 0 Å². The Morgan fingerprint density at radius 3 is 2.64 bits per heavy atom. The van der Waals surface area contributed by atoms with Crippen molar-refractivity contribution in [1.82, 2.24) is 4.90 Å². The largest absolute Gasteiger partial charge is 0.493 e. The van der Waals surface area contributed by atoms with E-state index >= 15 is 0 Å². The predicted octanol–water partition coefficient (Wildman–Crippen LogP) is 3.04. The van der Waals surface area contributed by atoms with Crippen LogP contribution in [0.3, 0.4) is 0 Å². The van der Waals surface area contributed by atoms with Crippen LogP contribution in [-0.4, -0.2) is 31.6 Å². The van der Waals surface area contributed by atoms with Crippen LogP contribution in [0.25, 0.3) is 0 Å². The van der Waals surface area contributed by atoms with Gasteiger partial charge in [-0.05, 0) is 42.2 Å². The minimum atomic E-state index is -0.305. The van der Waals surface area contributed by atoms with Crippen molar-refractivity contribution in [3.05, 3.63) is 35.4 Å². The molecule has 0 fully saturated rings. The summed E-state index contributed by atoms with van der Waals surface area (Å²) in [6.07, 6.45) is 7.81. The van der Waals surface area contributed by atoms with E-state index in [1.54, 1.807) is 20.3 Å². The van der Waals surface area contributed by atoms with Gasteiger partial charge < -0.3 is 14.4 Å². The first-order chi connectivity index (χ1) is 10.7. The zero-order valence-corrected chi connectivity index (χ0v) is 13.5. The molecule has 3 rings (SSSR count). The molecule has 4 nitrogen and oxygen atoms in total. The second-order valence-electron chi connectivity index (χ2n) is 5.97. The summed E-state index contributed by atoms with van der Waals surface area (Å²) in [5.41, 5.74) is 2.14. The zero-order valence-electron chi connectivity index (χ0n) is 13.5. The van der Waals surface area contributed by atoms with Crippen LogP contribution in [-0.2, 0) is 16.8 Å². The summed E-state index contributed by atoms with van der Waals surface area (Å²) >= 11 is 0. The average Bonchev–Trinajstić information content (AvgIpc) is 2.89. The average molecular weight is 301 g/mol. The molecule has 22 heavy (non-hydrogen) atoms. The second-order valence-corrected chi connectivity index (χ2v) is 5.97. The lowest BCUT2D eigenvalue weighted by atomic mass is 9.78. The Morgan fingerprint density at radius 1 is 1.23 bits per heavy atom. The molecule has 2 heterocycles. The molecule has 4 heteroatoms. The molecular weight excluding hydrogens is 278 g/mol. The monoisotopic (exact) mass is 301 g/mol. The fourth-order valence-electron chi connectivity index (χ4n) is 3.69. The maximum Gasteiger partial charge on any atom is 0.247 e. The number of methoxy groups -OCH3 is 2. The lowest BCUT2D eigenvalue weighted by Crippen LogP contribution is -2.48. The van der Waals surface area contributed by atoms with E-state index in [2.05, 4.69) is 25.1 Å². The van der Waals surface area contributed by atoms with Gasteiger partial charge in [-0.25, -0.2) is 0 Å². The fourth-order valence-corrected chi connectivity index (χ4v) is 3.69. The number of amides is 1. The molecule has 0 aliphatic carbocycles. The van der Waals surface area contributed by atoms with Crippen molar-refractivity contribution in [2.45, 2.75) is 38.1 Å². The molecule has 1 aromatic rings. The summed E-state index contributed by atoms with van der Waals surface area (Å²) in [6, 6.07) is 4.12. The highest BCUT2D eigenvalue weighted by Gasteiger charge is 2.46. The second kappa shape index (κ2) is 5.67. The van der Waals surface area contributed by atoms with E-state index in [9.17, 15) is 4.79 Å². The molecule has 0 bridgehead atoms. The number of carbonyl (C=O) groups excluding carboxylic acids is 1. The Labute approximate surface area is 131 Å². The number of ether oxygens (including phenoxy) is 2. The summed E-state index contributed by atoms with van der Waals surface area (Å²) in [5.74, 6) is 1.61. The number of carbonyl (C=O) groups is 1. The minimum absolute atomic E-state index is 0.122. The van der Waals surface area contributed by atoms with E-state index < -0.39 is 0 Å². The van der Waals surface area contributed by atoms with E-state index in [1.807, 2.05) is 4.90 Å². The van der Waals surface area contributed by atoms with Crippen molar-refractivity contribution in [3.8, 4) is 11.5 Å². The molecule has 2 aliphatic heterocycles. The molecule has 1 atom stereocenters. The quantitative estimate of drug-likeness (QED) is 0.839. The van der Waals surface area contributed by atoms with Gasteiger partial charge in [0.2, 0.25) is 5.91 Å². The van der Waals surface area contributed by atoms with Crippen molar-refractivity contribution < 1.29 is 14.3 Å². The van der Waals surface area contributed by atoms with Gasteiger partial charge in [0.25, 0.3) is 0 Å². The lowest BCUT2D eigenvalue weighted by Gasteiger charge is -2.44. The standard InChI is InChI=1S/C18H23NO3/c1-4-5-8-18-9-6-17(20)19(18)10-7-13-11-15(21-2)16(22-3)12-14(13)18/h6,9,11-12H,4-5,7-8,10H2,1-3H3. The van der Waals surface area contributed by atoms with Crippen molar-refractivity contribution in [2.24, 2.45) is 0 Å². The molecule has 0 radical (unpaired) electrons. The fraction of sp³-hybridized carbons (Fsp3) is 0.500. The summed E-state index contributed by atoms with van der Waals surface area (Å²) in [6.45, 7) is 2.94. The third kappa shape index (κ3) is 2.09. The molecule has 0 N–H and O–H groups in total. The van der Waals surface area contributed by atoms with Gasteiger partial charge in [0.1, 0.15) is 0 Å². The summed E-state index contributed by atoms with van der Waals surface area (Å²) in [5, 5.41) is 0. The van der Waals surface area contributed by atoms with Gasteiger partial charge in [-0.2, -0.15) is 0 Å². The maximum absolute atomic E-state index is 12.2. The van der Waals surface area contributed by atoms with Gasteiger partial charge in [-0.3, -0.25) is 4.79 Å². The molecule has 0 aromatic heterocycles. The van der Waals surface area contributed by atoms with E-state index in [-0.39, 0.29) is 11.4 Å². The molecule has 0 saturated heterocycles. The van der Waals surface area contributed by atoms with Crippen LogP contribution >= 0.6 is 0 Å². The topological polar surface area (TPSA) is 38.8 Å². The summed E-state index contributed by atoms with van der Waals surface area (Å²) in [4.78, 5) is 14.3. The smallest absolute Gasteiger partial charge is 0.247 e. The first kappa shape index (κ1) is 14.9. The Morgan fingerprint density at radius 2 is 1.95 bits per heavy atom. The SMILES string of the molecule is CCCCC12C=CC(=O)N1CCc1cc(OC)c(OC)cc12. The van der Waals surface area contributed by atoms with Gasteiger partial charge in [0, 0.05) is 12.6 Å². The third-order valence-corrected chi connectivity index (χ3v) is 4.84. The highest BCUT2D eigenvalue weighted by Crippen LogP contribution is 2.47. The molecule has 2 aliphatic rings. The predicted molar refractivity (Wildman–Crippen MR) is 85.3 cm³/mol. The lowest BCUT2D eigenvalue weighted by molar-refractivity contribution is -0.129. The molecule has 0 saturated carbocycles. The van der Waals surface area contributed by atoms with Gasteiger partial charge in [-0.1, -0.05) is 19.8 Å². The highest BCUT2D eigenvalue weighted by atomic mass is 16.5. The first-order valence-electron chi connectivity index (χ1n) is 7.92. The highest BCUT2D eigenvalue weighted by molar-refractivity contribution is 5.92. The zero-order chi connectivity index (χ0) is 15.7. The molecule has 1 amide bonds. The van der Waals surface area contributed by atoms with Gasteiger partial charge in [0.15, 0.2) is 11.5 Å². The van der Waals surface area contributed by atoms with Gasteiger partial charge in [-0.15, -0.1) is 0 Å². The number of unbranched alkanes of at least 4 members (excludes halogenated alkanes) is 1. The molecule has 0 spiro atoms. The normalized spacial score (nSPS) is 22.5. The van der Waals surface area contributed by atoms with Crippen molar-refractivity contribution in [3.63, 3.8) is 0 Å². The van der Waals surface area contributed by atoms with E-state index in [0.717, 1.165) is 43.7 Å². The summed E-state index contributed by atoms with van der Waals surface area (Å²) < 4.78 is 10.9. The Hall–Kier alpha value is -1.97. The van der Waals surface area contributed by atoms with E-state index in [0.29, 0.717) is 0 Å². The first-order valence-corrected chi connectivity index (χ1v) is 7.92. The summed E-state index contributed by atoms with van der Waals surface area (Å²) in [7, 11) is 3.31. The number of hydrogen-bond donors (Lipinski definition) is 0. The Bertz CT molecular complexity index is 623. The van der Waals surface area contributed by atoms with E-state index in [4.69, 9.17) is 9.47 Å². The van der Waals surface area contributed by atoms with Crippen LogP contribution < -0.4 is 9.47 Å². The maximum atomic E-state index is 12.2. The van der Waals surface area contributed by atoms with Crippen LogP contribution in [0.1, 0.15) is 37.3 Å². The van der Waals surface area contributed by atoms with Crippen molar-refractivity contribution >= 4 is 5.91 Å². The number of hydrogen-bond acceptors (Lipinski definition) is 3. The van der Waals surface area contributed by atoms with Gasteiger partial charge in [0.05, 0.1) is 19.8 Å². The van der Waals surface area contributed by atoms with E-state index in [1.165, 1.54) is 11.1 Å². The van der Waals surface area contributed by atoms with Crippen LogP contribution in [0.4, 0.5) is 0 Å². The number of nitrogens with zero attached hydrogens (tertiary/aromatic N) is 1.